The van der Waals surface area contributed by atoms with E-state index < -0.39 is 11.9 Å². The van der Waals surface area contributed by atoms with Crippen molar-refractivity contribution in [2.45, 2.75) is 6.10 Å². The van der Waals surface area contributed by atoms with Gasteiger partial charge in [-0.05, 0) is 12.1 Å². The molecule has 6 heteroatoms. The smallest absolute Gasteiger partial charge is 0.142 e. The Hall–Kier alpha value is -0.320. The third-order valence-electron chi connectivity index (χ3n) is 2.25. The van der Waals surface area contributed by atoms with Crippen molar-refractivity contribution in [3.05, 3.63) is 54.9 Å². The molecule has 2 aromatic rings. The molecule has 0 aliphatic rings. The third kappa shape index (κ3) is 2.59. The topological polar surface area (TPSA) is 20.2 Å². The Labute approximate surface area is 116 Å². The molecular weight excluding hydrogens is 306 g/mol. The highest BCUT2D eigenvalue weighted by Gasteiger charge is 2.20. The van der Waals surface area contributed by atoms with Gasteiger partial charge in [0.05, 0.1) is 9.36 Å². The van der Waals surface area contributed by atoms with Crippen LogP contribution in [0.1, 0.15) is 17.2 Å². The van der Waals surface area contributed by atoms with Gasteiger partial charge in [0.25, 0.3) is 0 Å². The van der Waals surface area contributed by atoms with Crippen LogP contribution in [0.25, 0.3) is 0 Å². The van der Waals surface area contributed by atoms with Gasteiger partial charge in [-0.3, -0.25) is 0 Å². The molecule has 1 aromatic carbocycles. The molecule has 1 atom stereocenters. The van der Waals surface area contributed by atoms with E-state index in [1.165, 1.54) is 18.2 Å². The molecular formula is C11H6Cl3FOS. The molecule has 0 aliphatic heterocycles. The van der Waals surface area contributed by atoms with Gasteiger partial charge in [0, 0.05) is 11.1 Å². The highest BCUT2D eigenvalue weighted by molar-refractivity contribution is 7.20. The zero-order valence-corrected chi connectivity index (χ0v) is 11.3. The fourth-order valence-corrected chi connectivity index (χ4v) is 3.19. The predicted octanol–water partition coefficient (Wildman–Crippen LogP) is 4.93. The van der Waals surface area contributed by atoms with Crippen LogP contribution in [0, 0.1) is 5.82 Å². The van der Waals surface area contributed by atoms with Gasteiger partial charge in [-0.25, -0.2) is 4.39 Å². The van der Waals surface area contributed by atoms with Gasteiger partial charge in [-0.2, -0.15) is 0 Å². The molecule has 0 saturated carbocycles. The number of hydrogen-bond donors (Lipinski definition) is 1. The maximum absolute atomic E-state index is 13.3. The van der Waals surface area contributed by atoms with Crippen LogP contribution in [0.5, 0.6) is 0 Å². The Balaban J connectivity index is 2.47. The fourth-order valence-electron chi connectivity index (χ4n) is 1.44. The molecule has 0 bridgehead atoms. The SMILES string of the molecule is OC(c1cc(Cl)sc1Cl)c1cccc(F)c1Cl. The number of rotatable bonds is 2. The molecule has 17 heavy (non-hydrogen) atoms. The van der Waals surface area contributed by atoms with Gasteiger partial charge in [0.1, 0.15) is 16.3 Å². The largest absolute Gasteiger partial charge is 0.384 e. The number of aliphatic hydroxyl groups excluding tert-OH is 1. The van der Waals surface area contributed by atoms with E-state index in [0.29, 0.717) is 14.2 Å². The summed E-state index contributed by atoms with van der Waals surface area (Å²) in [5, 5.41) is 9.99. The van der Waals surface area contributed by atoms with Crippen molar-refractivity contribution in [2.75, 3.05) is 0 Å². The van der Waals surface area contributed by atoms with Gasteiger partial charge >= 0.3 is 0 Å². The molecule has 90 valence electrons. The second-order valence-corrected chi connectivity index (χ2v) is 5.99. The predicted molar refractivity (Wildman–Crippen MR) is 69.8 cm³/mol. The molecule has 1 aromatic heterocycles. The average molecular weight is 312 g/mol. The van der Waals surface area contributed by atoms with Gasteiger partial charge in [-0.15, -0.1) is 11.3 Å². The first-order chi connectivity index (χ1) is 8.00. The Morgan fingerprint density at radius 1 is 1.18 bits per heavy atom. The summed E-state index contributed by atoms with van der Waals surface area (Å²) in [7, 11) is 0. The van der Waals surface area contributed by atoms with Crippen molar-refractivity contribution >= 4 is 46.1 Å². The van der Waals surface area contributed by atoms with E-state index in [2.05, 4.69) is 0 Å². The highest BCUT2D eigenvalue weighted by Crippen LogP contribution is 2.39. The van der Waals surface area contributed by atoms with E-state index in [1.807, 2.05) is 0 Å². The Morgan fingerprint density at radius 3 is 2.47 bits per heavy atom. The lowest BCUT2D eigenvalue weighted by Crippen LogP contribution is -2.00. The van der Waals surface area contributed by atoms with E-state index in [1.54, 1.807) is 6.07 Å². The Kier molecular flexibility index (Phi) is 3.95. The molecule has 0 saturated heterocycles. The summed E-state index contributed by atoms with van der Waals surface area (Å²) in [4.78, 5) is 0. The van der Waals surface area contributed by atoms with Crippen molar-refractivity contribution in [3.8, 4) is 0 Å². The van der Waals surface area contributed by atoms with Crippen LogP contribution < -0.4 is 0 Å². The number of thiophene rings is 1. The molecule has 0 amide bonds. The fraction of sp³-hybridized carbons (Fsp3) is 0.0909. The van der Waals surface area contributed by atoms with E-state index in [0.717, 1.165) is 11.3 Å². The van der Waals surface area contributed by atoms with Gasteiger partial charge < -0.3 is 5.11 Å². The summed E-state index contributed by atoms with van der Waals surface area (Å²) in [6.45, 7) is 0. The molecule has 1 nitrogen and oxygen atoms in total. The van der Waals surface area contributed by atoms with Crippen LogP contribution in [0.4, 0.5) is 4.39 Å². The second kappa shape index (κ2) is 5.12. The maximum atomic E-state index is 13.3. The number of benzene rings is 1. The molecule has 0 spiro atoms. The van der Waals surface area contributed by atoms with E-state index in [-0.39, 0.29) is 10.6 Å². The zero-order chi connectivity index (χ0) is 12.6. The van der Waals surface area contributed by atoms with Gasteiger partial charge in [0.15, 0.2) is 0 Å². The van der Waals surface area contributed by atoms with Crippen LogP contribution in [0.15, 0.2) is 24.3 Å². The minimum Gasteiger partial charge on any atom is -0.384 e. The second-order valence-electron chi connectivity index (χ2n) is 3.33. The van der Waals surface area contributed by atoms with E-state index in [4.69, 9.17) is 34.8 Å². The quantitative estimate of drug-likeness (QED) is 0.834. The van der Waals surface area contributed by atoms with Gasteiger partial charge in [-0.1, -0.05) is 46.9 Å². The lowest BCUT2D eigenvalue weighted by Gasteiger charge is -2.12. The summed E-state index contributed by atoms with van der Waals surface area (Å²) in [6.07, 6.45) is -1.09. The third-order valence-corrected chi connectivity index (χ3v) is 4.17. The molecule has 0 radical (unpaired) electrons. The molecule has 0 fully saturated rings. The summed E-state index contributed by atoms with van der Waals surface area (Å²) in [6, 6.07) is 5.78. The first-order valence-electron chi connectivity index (χ1n) is 4.57. The Morgan fingerprint density at radius 2 is 1.88 bits per heavy atom. The molecule has 0 aliphatic carbocycles. The summed E-state index contributed by atoms with van der Waals surface area (Å²) in [5.74, 6) is -0.583. The normalized spacial score (nSPS) is 12.8. The lowest BCUT2D eigenvalue weighted by molar-refractivity contribution is 0.220. The minimum absolute atomic E-state index is 0.113. The summed E-state index contributed by atoms with van der Waals surface area (Å²) < 4.78 is 14.1. The van der Waals surface area contributed by atoms with Crippen LogP contribution in [-0.2, 0) is 0 Å². The van der Waals surface area contributed by atoms with Crippen LogP contribution in [0.3, 0.4) is 0 Å². The Bertz CT molecular complexity index is 556. The zero-order valence-electron chi connectivity index (χ0n) is 8.25. The van der Waals surface area contributed by atoms with Crippen LogP contribution in [-0.4, -0.2) is 5.11 Å². The highest BCUT2D eigenvalue weighted by atomic mass is 35.5. The van der Waals surface area contributed by atoms with E-state index >= 15 is 0 Å². The number of hydrogen-bond acceptors (Lipinski definition) is 2. The monoisotopic (exact) mass is 310 g/mol. The lowest BCUT2D eigenvalue weighted by atomic mass is 10.0. The molecule has 1 heterocycles. The van der Waals surface area contributed by atoms with Crippen LogP contribution >= 0.6 is 46.1 Å². The summed E-state index contributed by atoms with van der Waals surface area (Å²) in [5.41, 5.74) is 0.692. The molecule has 2 rings (SSSR count). The molecule has 1 unspecified atom stereocenters. The summed E-state index contributed by atoms with van der Waals surface area (Å²) >= 11 is 18.6. The van der Waals surface area contributed by atoms with Crippen molar-refractivity contribution in [3.63, 3.8) is 0 Å². The first-order valence-corrected chi connectivity index (χ1v) is 6.52. The van der Waals surface area contributed by atoms with Gasteiger partial charge in [0.2, 0.25) is 0 Å². The van der Waals surface area contributed by atoms with Crippen LogP contribution in [0.2, 0.25) is 13.7 Å². The number of aliphatic hydroxyl groups is 1. The van der Waals surface area contributed by atoms with E-state index in [9.17, 15) is 9.50 Å². The average Bonchev–Trinajstić information content (AvgIpc) is 2.61. The minimum atomic E-state index is -1.09. The number of halogens is 4. The van der Waals surface area contributed by atoms with Crippen molar-refractivity contribution in [2.24, 2.45) is 0 Å². The first kappa shape index (κ1) is 13.1. The van der Waals surface area contributed by atoms with Crippen molar-refractivity contribution in [1.29, 1.82) is 0 Å². The van der Waals surface area contributed by atoms with Crippen molar-refractivity contribution in [1.82, 2.24) is 0 Å². The molecule has 1 N–H and O–H groups in total. The standard InChI is InChI=1S/C11H6Cl3FOS/c12-8-4-6(11(14)17-8)10(16)5-2-1-3-7(15)9(5)13/h1-4,10,16H. The van der Waals surface area contributed by atoms with Crippen molar-refractivity contribution < 1.29 is 9.50 Å². The maximum Gasteiger partial charge on any atom is 0.142 e.